The van der Waals surface area contributed by atoms with E-state index >= 15 is 0 Å². The molecule has 0 unspecified atom stereocenters. The van der Waals surface area contributed by atoms with E-state index in [2.05, 4.69) is 0 Å². The standard InChI is InChI=1S/C19H20N2O2/c1-2-20(14-15-8-4-3-5-9-15)18(22)19(23)21-13-12-16-10-6-7-11-17(16)21/h3-11H,2,12-14H2,1H3. The maximum Gasteiger partial charge on any atom is 0.316 e. The van der Waals surface area contributed by atoms with Crippen molar-refractivity contribution < 1.29 is 9.59 Å². The molecule has 0 fully saturated rings. The molecule has 4 heteroatoms. The second kappa shape index (κ2) is 6.65. The van der Waals surface area contributed by atoms with Crippen LogP contribution in [0.2, 0.25) is 0 Å². The number of carbonyl (C=O) groups excluding carboxylic acids is 2. The van der Waals surface area contributed by atoms with Crippen LogP contribution in [0.1, 0.15) is 18.1 Å². The van der Waals surface area contributed by atoms with Gasteiger partial charge in [0.15, 0.2) is 0 Å². The smallest absolute Gasteiger partial charge is 0.316 e. The van der Waals surface area contributed by atoms with Gasteiger partial charge in [-0.05, 0) is 30.5 Å². The number of likely N-dealkylation sites (N-methyl/N-ethyl adjacent to an activating group) is 1. The Balaban J connectivity index is 1.75. The first-order chi connectivity index (χ1) is 11.2. The quantitative estimate of drug-likeness (QED) is 0.818. The third-order valence-corrected chi connectivity index (χ3v) is 4.20. The number of para-hydroxylation sites is 1. The Morgan fingerprint density at radius 1 is 1.04 bits per heavy atom. The van der Waals surface area contributed by atoms with Crippen LogP contribution in [-0.4, -0.2) is 29.8 Å². The SMILES string of the molecule is CCN(Cc1ccccc1)C(=O)C(=O)N1CCc2ccccc21. The monoisotopic (exact) mass is 308 g/mol. The number of hydrogen-bond acceptors (Lipinski definition) is 2. The van der Waals surface area contributed by atoms with Gasteiger partial charge in [-0.15, -0.1) is 0 Å². The van der Waals surface area contributed by atoms with Crippen LogP contribution in [0, 0.1) is 0 Å². The summed E-state index contributed by atoms with van der Waals surface area (Å²) in [4.78, 5) is 28.4. The number of anilines is 1. The Kier molecular flexibility index (Phi) is 4.42. The van der Waals surface area contributed by atoms with E-state index < -0.39 is 11.8 Å². The highest BCUT2D eigenvalue weighted by Crippen LogP contribution is 2.27. The third-order valence-electron chi connectivity index (χ3n) is 4.20. The molecule has 0 spiro atoms. The summed E-state index contributed by atoms with van der Waals surface area (Å²) < 4.78 is 0. The largest absolute Gasteiger partial charge is 0.330 e. The van der Waals surface area contributed by atoms with Crippen molar-refractivity contribution in [2.75, 3.05) is 18.0 Å². The summed E-state index contributed by atoms with van der Waals surface area (Å²) in [5.41, 5.74) is 3.01. The van der Waals surface area contributed by atoms with Crippen molar-refractivity contribution in [2.45, 2.75) is 19.9 Å². The van der Waals surface area contributed by atoms with E-state index in [0.29, 0.717) is 19.6 Å². The Hall–Kier alpha value is -2.62. The lowest BCUT2D eigenvalue weighted by Crippen LogP contribution is -2.44. The van der Waals surface area contributed by atoms with Crippen LogP contribution in [0.4, 0.5) is 5.69 Å². The highest BCUT2D eigenvalue weighted by Gasteiger charge is 2.31. The van der Waals surface area contributed by atoms with Gasteiger partial charge < -0.3 is 9.80 Å². The van der Waals surface area contributed by atoms with Crippen molar-refractivity contribution in [1.82, 2.24) is 4.90 Å². The second-order valence-corrected chi connectivity index (χ2v) is 5.64. The summed E-state index contributed by atoms with van der Waals surface area (Å²) in [6.45, 7) is 3.44. The minimum Gasteiger partial charge on any atom is -0.330 e. The zero-order valence-electron chi connectivity index (χ0n) is 13.2. The van der Waals surface area contributed by atoms with Crippen molar-refractivity contribution in [3.05, 3.63) is 65.7 Å². The van der Waals surface area contributed by atoms with E-state index in [1.165, 1.54) is 0 Å². The molecule has 0 N–H and O–H groups in total. The summed E-state index contributed by atoms with van der Waals surface area (Å²) in [7, 11) is 0. The number of carbonyl (C=O) groups is 2. The van der Waals surface area contributed by atoms with Crippen molar-refractivity contribution in [1.29, 1.82) is 0 Å². The first-order valence-corrected chi connectivity index (χ1v) is 7.93. The molecule has 23 heavy (non-hydrogen) atoms. The molecule has 0 aliphatic carbocycles. The molecule has 3 rings (SSSR count). The summed E-state index contributed by atoms with van der Waals surface area (Å²) in [6, 6.07) is 17.5. The van der Waals surface area contributed by atoms with Gasteiger partial charge in [0.05, 0.1) is 0 Å². The maximum atomic E-state index is 12.6. The number of hydrogen-bond donors (Lipinski definition) is 0. The number of nitrogens with zero attached hydrogens (tertiary/aromatic N) is 2. The molecule has 1 aliphatic rings. The second-order valence-electron chi connectivity index (χ2n) is 5.64. The molecule has 0 saturated heterocycles. The van der Waals surface area contributed by atoms with Crippen LogP contribution >= 0.6 is 0 Å². The van der Waals surface area contributed by atoms with Gasteiger partial charge in [0, 0.05) is 25.3 Å². The molecule has 0 atom stereocenters. The van der Waals surface area contributed by atoms with Gasteiger partial charge in [-0.25, -0.2) is 0 Å². The normalized spacial score (nSPS) is 12.8. The van der Waals surface area contributed by atoms with Crippen LogP contribution in [-0.2, 0) is 22.6 Å². The van der Waals surface area contributed by atoms with Gasteiger partial charge in [-0.1, -0.05) is 48.5 Å². The Bertz CT molecular complexity index is 712. The fraction of sp³-hybridized carbons (Fsp3) is 0.263. The van der Waals surface area contributed by atoms with Gasteiger partial charge in [0.25, 0.3) is 0 Å². The Morgan fingerprint density at radius 3 is 2.48 bits per heavy atom. The number of fused-ring (bicyclic) bond motifs is 1. The number of rotatable bonds is 3. The highest BCUT2D eigenvalue weighted by molar-refractivity contribution is 6.40. The van der Waals surface area contributed by atoms with Crippen LogP contribution in [0.15, 0.2) is 54.6 Å². The lowest BCUT2D eigenvalue weighted by Gasteiger charge is -2.24. The van der Waals surface area contributed by atoms with Crippen LogP contribution in [0.5, 0.6) is 0 Å². The zero-order valence-corrected chi connectivity index (χ0v) is 13.2. The van der Waals surface area contributed by atoms with Gasteiger partial charge >= 0.3 is 11.8 Å². The fourth-order valence-corrected chi connectivity index (χ4v) is 2.93. The molecule has 0 bridgehead atoms. The van der Waals surface area contributed by atoms with E-state index in [1.54, 1.807) is 9.80 Å². The van der Waals surface area contributed by atoms with Crippen molar-refractivity contribution >= 4 is 17.5 Å². The molecule has 1 heterocycles. The predicted molar refractivity (Wildman–Crippen MR) is 90.0 cm³/mol. The van der Waals surface area contributed by atoms with E-state index in [1.807, 2.05) is 61.5 Å². The maximum absolute atomic E-state index is 12.6. The zero-order chi connectivity index (χ0) is 16.2. The minimum absolute atomic E-state index is 0.437. The van der Waals surface area contributed by atoms with Gasteiger partial charge in [0.2, 0.25) is 0 Å². The highest BCUT2D eigenvalue weighted by atomic mass is 16.2. The lowest BCUT2D eigenvalue weighted by atomic mass is 10.2. The molecule has 0 saturated carbocycles. The molecule has 2 aromatic rings. The van der Waals surface area contributed by atoms with Gasteiger partial charge in [0.1, 0.15) is 0 Å². The fourth-order valence-electron chi connectivity index (χ4n) is 2.93. The van der Waals surface area contributed by atoms with Crippen LogP contribution in [0.3, 0.4) is 0 Å². The van der Waals surface area contributed by atoms with Crippen LogP contribution in [0.25, 0.3) is 0 Å². The van der Waals surface area contributed by atoms with Gasteiger partial charge in [-0.3, -0.25) is 9.59 Å². The topological polar surface area (TPSA) is 40.6 Å². The van der Waals surface area contributed by atoms with Crippen LogP contribution < -0.4 is 4.90 Å². The van der Waals surface area contributed by atoms with Crippen molar-refractivity contribution in [3.8, 4) is 0 Å². The predicted octanol–water partition coefficient (Wildman–Crippen LogP) is 2.62. The average Bonchev–Trinajstić information content (AvgIpc) is 3.03. The van der Waals surface area contributed by atoms with E-state index in [-0.39, 0.29) is 0 Å². The van der Waals surface area contributed by atoms with E-state index in [0.717, 1.165) is 23.2 Å². The molecule has 4 nitrogen and oxygen atoms in total. The molecule has 0 radical (unpaired) electrons. The number of benzene rings is 2. The van der Waals surface area contributed by atoms with Gasteiger partial charge in [-0.2, -0.15) is 0 Å². The summed E-state index contributed by atoms with van der Waals surface area (Å²) in [5, 5.41) is 0. The lowest BCUT2D eigenvalue weighted by molar-refractivity contribution is -0.144. The molecule has 2 amide bonds. The van der Waals surface area contributed by atoms with E-state index in [9.17, 15) is 9.59 Å². The van der Waals surface area contributed by atoms with E-state index in [4.69, 9.17) is 0 Å². The first-order valence-electron chi connectivity index (χ1n) is 7.93. The molecule has 0 aromatic heterocycles. The molecular formula is C19H20N2O2. The molecule has 2 aromatic carbocycles. The average molecular weight is 308 g/mol. The summed E-state index contributed by atoms with van der Waals surface area (Å²) in [6.07, 6.45) is 0.806. The van der Waals surface area contributed by atoms with Crippen molar-refractivity contribution in [3.63, 3.8) is 0 Å². The molecule has 1 aliphatic heterocycles. The minimum atomic E-state index is -0.437. The molecular weight excluding hydrogens is 288 g/mol. The summed E-state index contributed by atoms with van der Waals surface area (Å²) in [5.74, 6) is -0.874. The first kappa shape index (κ1) is 15.3. The molecule has 118 valence electrons. The summed E-state index contributed by atoms with van der Waals surface area (Å²) >= 11 is 0. The Morgan fingerprint density at radius 2 is 1.74 bits per heavy atom. The number of amides is 2. The Labute approximate surface area is 136 Å². The van der Waals surface area contributed by atoms with Crippen molar-refractivity contribution in [2.24, 2.45) is 0 Å². The third kappa shape index (κ3) is 3.11.